The van der Waals surface area contributed by atoms with E-state index in [0.29, 0.717) is 33.8 Å². The van der Waals surface area contributed by atoms with E-state index in [0.717, 1.165) is 0 Å². The van der Waals surface area contributed by atoms with Crippen LogP contribution in [0.2, 0.25) is 0 Å². The van der Waals surface area contributed by atoms with Crippen LogP contribution < -0.4 is 9.47 Å². The fourth-order valence-corrected chi connectivity index (χ4v) is 2.94. The lowest BCUT2D eigenvalue weighted by Gasteiger charge is -2.17. The number of esters is 2. The summed E-state index contributed by atoms with van der Waals surface area (Å²) in [6, 6.07) is 20.8. The van der Waals surface area contributed by atoms with Crippen LogP contribution in [0.3, 0.4) is 0 Å². The van der Waals surface area contributed by atoms with E-state index in [-0.39, 0.29) is 13.2 Å². The normalized spacial score (nSPS) is 10.2. The van der Waals surface area contributed by atoms with E-state index < -0.39 is 11.9 Å². The Bertz CT molecular complexity index is 916. The van der Waals surface area contributed by atoms with Crippen LogP contribution in [0.5, 0.6) is 11.5 Å². The quantitative estimate of drug-likeness (QED) is 0.516. The summed E-state index contributed by atoms with van der Waals surface area (Å²) in [6.45, 7) is -0.126. The zero-order valence-corrected chi connectivity index (χ0v) is 16.8. The molecule has 6 nitrogen and oxygen atoms in total. The third-order valence-electron chi connectivity index (χ3n) is 4.50. The largest absolute Gasteiger partial charge is 0.496 e. The number of hydrogen-bond donors (Lipinski definition) is 0. The minimum Gasteiger partial charge on any atom is -0.496 e. The Kier molecular flexibility index (Phi) is 7.05. The monoisotopic (exact) mass is 406 g/mol. The van der Waals surface area contributed by atoms with Gasteiger partial charge in [-0.25, -0.2) is 9.59 Å². The van der Waals surface area contributed by atoms with Gasteiger partial charge in [-0.2, -0.15) is 0 Å². The first-order valence-electron chi connectivity index (χ1n) is 9.31. The van der Waals surface area contributed by atoms with Crippen molar-refractivity contribution < 1.29 is 28.5 Å². The third-order valence-corrected chi connectivity index (χ3v) is 4.50. The molecule has 0 N–H and O–H groups in total. The van der Waals surface area contributed by atoms with Gasteiger partial charge in [-0.1, -0.05) is 36.4 Å². The molecule has 0 amide bonds. The van der Waals surface area contributed by atoms with Gasteiger partial charge in [-0.05, 0) is 36.4 Å². The SMILES string of the molecule is COc1ccc(OC)c(COC(=O)c2ccccc2)c1COC(=O)c1ccccc1. The maximum absolute atomic E-state index is 12.4. The zero-order chi connectivity index (χ0) is 21.3. The second kappa shape index (κ2) is 10.1. The molecule has 0 unspecified atom stereocenters. The lowest BCUT2D eigenvalue weighted by Crippen LogP contribution is -2.11. The fraction of sp³-hybridized carbons (Fsp3) is 0.167. The highest BCUT2D eigenvalue weighted by Crippen LogP contribution is 2.32. The molecule has 0 bridgehead atoms. The molecule has 0 heterocycles. The van der Waals surface area contributed by atoms with Gasteiger partial charge in [-0.3, -0.25) is 0 Å². The Morgan fingerprint density at radius 3 is 1.30 bits per heavy atom. The highest BCUT2D eigenvalue weighted by Gasteiger charge is 2.19. The van der Waals surface area contributed by atoms with Crippen molar-refractivity contribution in [2.45, 2.75) is 13.2 Å². The Balaban J connectivity index is 1.82. The third kappa shape index (κ3) is 4.97. The van der Waals surface area contributed by atoms with Gasteiger partial charge in [0, 0.05) is 11.1 Å². The number of methoxy groups -OCH3 is 2. The molecule has 0 aliphatic rings. The molecular formula is C24H22O6. The van der Waals surface area contributed by atoms with E-state index in [1.807, 2.05) is 12.1 Å². The molecule has 0 fully saturated rings. The van der Waals surface area contributed by atoms with Gasteiger partial charge in [-0.15, -0.1) is 0 Å². The molecule has 0 aliphatic heterocycles. The fourth-order valence-electron chi connectivity index (χ4n) is 2.94. The van der Waals surface area contributed by atoms with Crippen molar-refractivity contribution in [3.8, 4) is 11.5 Å². The molecule has 0 radical (unpaired) electrons. The van der Waals surface area contributed by atoms with Gasteiger partial charge in [0.25, 0.3) is 0 Å². The van der Waals surface area contributed by atoms with Gasteiger partial charge >= 0.3 is 11.9 Å². The predicted octanol–water partition coefficient (Wildman–Crippen LogP) is 4.42. The highest BCUT2D eigenvalue weighted by atomic mass is 16.5. The summed E-state index contributed by atoms with van der Waals surface area (Å²) in [5.74, 6) is 0.0743. The van der Waals surface area contributed by atoms with E-state index in [1.54, 1.807) is 60.7 Å². The van der Waals surface area contributed by atoms with Gasteiger partial charge in [0.2, 0.25) is 0 Å². The van der Waals surface area contributed by atoms with Crippen molar-refractivity contribution in [2.24, 2.45) is 0 Å². The van der Waals surface area contributed by atoms with Gasteiger partial charge in [0.05, 0.1) is 25.3 Å². The second-order valence-corrected chi connectivity index (χ2v) is 6.31. The van der Waals surface area contributed by atoms with Crippen LogP contribution in [0.25, 0.3) is 0 Å². The van der Waals surface area contributed by atoms with E-state index in [4.69, 9.17) is 18.9 Å². The van der Waals surface area contributed by atoms with Crippen LogP contribution >= 0.6 is 0 Å². The predicted molar refractivity (Wildman–Crippen MR) is 111 cm³/mol. The molecule has 0 aliphatic carbocycles. The van der Waals surface area contributed by atoms with E-state index in [2.05, 4.69) is 0 Å². The second-order valence-electron chi connectivity index (χ2n) is 6.31. The lowest BCUT2D eigenvalue weighted by atomic mass is 10.1. The van der Waals surface area contributed by atoms with Crippen LogP contribution in [-0.2, 0) is 22.7 Å². The number of carbonyl (C=O) groups is 2. The molecule has 3 aromatic rings. The summed E-state index contributed by atoms with van der Waals surface area (Å²) in [4.78, 5) is 24.7. The van der Waals surface area contributed by atoms with E-state index >= 15 is 0 Å². The summed E-state index contributed by atoms with van der Waals surface area (Å²) < 4.78 is 21.8. The van der Waals surface area contributed by atoms with Crippen molar-refractivity contribution in [3.05, 3.63) is 95.1 Å². The average Bonchev–Trinajstić information content (AvgIpc) is 2.81. The minimum absolute atomic E-state index is 0.0632. The number of carbonyl (C=O) groups excluding carboxylic acids is 2. The van der Waals surface area contributed by atoms with E-state index in [9.17, 15) is 9.59 Å². The Morgan fingerprint density at radius 1 is 0.600 bits per heavy atom. The van der Waals surface area contributed by atoms with Gasteiger partial charge in [0.1, 0.15) is 24.7 Å². The molecule has 0 saturated carbocycles. The highest BCUT2D eigenvalue weighted by molar-refractivity contribution is 5.89. The first kappa shape index (κ1) is 20.9. The van der Waals surface area contributed by atoms with E-state index in [1.165, 1.54) is 14.2 Å². The van der Waals surface area contributed by atoms with Crippen molar-refractivity contribution in [1.82, 2.24) is 0 Å². The summed E-state index contributed by atoms with van der Waals surface area (Å²) in [7, 11) is 3.04. The average molecular weight is 406 g/mol. The summed E-state index contributed by atoms with van der Waals surface area (Å²) in [5, 5.41) is 0. The van der Waals surface area contributed by atoms with Crippen molar-refractivity contribution in [1.29, 1.82) is 0 Å². The topological polar surface area (TPSA) is 71.1 Å². The minimum atomic E-state index is -0.465. The van der Waals surface area contributed by atoms with Crippen LogP contribution in [-0.4, -0.2) is 26.2 Å². The Labute approximate surface area is 175 Å². The van der Waals surface area contributed by atoms with Crippen LogP contribution in [0, 0.1) is 0 Å². The number of hydrogen-bond acceptors (Lipinski definition) is 6. The molecule has 0 aromatic heterocycles. The molecule has 0 saturated heterocycles. The Morgan fingerprint density at radius 2 is 0.967 bits per heavy atom. The standard InChI is InChI=1S/C24H22O6/c1-27-21-13-14-22(28-2)20(16-30-24(26)18-11-7-4-8-12-18)19(21)15-29-23(25)17-9-5-3-6-10-17/h3-14H,15-16H2,1-2H3. The summed E-state index contributed by atoms with van der Waals surface area (Å²) in [5.41, 5.74) is 2.02. The molecule has 3 rings (SSSR count). The summed E-state index contributed by atoms with van der Waals surface area (Å²) in [6.07, 6.45) is 0. The summed E-state index contributed by atoms with van der Waals surface area (Å²) >= 11 is 0. The molecule has 30 heavy (non-hydrogen) atoms. The first-order valence-corrected chi connectivity index (χ1v) is 9.31. The lowest BCUT2D eigenvalue weighted by molar-refractivity contribution is 0.0430. The van der Waals surface area contributed by atoms with Crippen LogP contribution in [0.4, 0.5) is 0 Å². The number of benzene rings is 3. The number of ether oxygens (including phenoxy) is 4. The Hall–Kier alpha value is -3.80. The maximum atomic E-state index is 12.4. The van der Waals surface area contributed by atoms with Crippen LogP contribution in [0.1, 0.15) is 31.8 Å². The van der Waals surface area contributed by atoms with Crippen molar-refractivity contribution in [2.75, 3.05) is 14.2 Å². The number of rotatable bonds is 8. The zero-order valence-electron chi connectivity index (χ0n) is 16.8. The van der Waals surface area contributed by atoms with Crippen molar-refractivity contribution >= 4 is 11.9 Å². The molecule has 154 valence electrons. The molecule has 0 spiro atoms. The maximum Gasteiger partial charge on any atom is 0.338 e. The smallest absolute Gasteiger partial charge is 0.338 e. The van der Waals surface area contributed by atoms with Crippen LogP contribution in [0.15, 0.2) is 72.8 Å². The molecule has 3 aromatic carbocycles. The molecular weight excluding hydrogens is 384 g/mol. The first-order chi connectivity index (χ1) is 14.6. The molecule has 6 heteroatoms. The molecule has 0 atom stereocenters. The van der Waals surface area contributed by atoms with Crippen molar-refractivity contribution in [3.63, 3.8) is 0 Å². The van der Waals surface area contributed by atoms with Gasteiger partial charge < -0.3 is 18.9 Å². The van der Waals surface area contributed by atoms with Gasteiger partial charge in [0.15, 0.2) is 0 Å².